The summed E-state index contributed by atoms with van der Waals surface area (Å²) in [6.45, 7) is 3.73. The molecule has 1 N–H and O–H groups in total. The number of hydrogen-bond acceptors (Lipinski definition) is 4. The Labute approximate surface area is 117 Å². The van der Waals surface area contributed by atoms with Gasteiger partial charge < -0.3 is 4.57 Å². The Balaban J connectivity index is 3.06. The van der Waals surface area contributed by atoms with Crippen molar-refractivity contribution in [1.29, 1.82) is 0 Å². The van der Waals surface area contributed by atoms with Gasteiger partial charge in [0.25, 0.3) is 5.91 Å². The zero-order valence-corrected chi connectivity index (χ0v) is 13.1. The molecule has 1 rings (SSSR count). The van der Waals surface area contributed by atoms with E-state index in [1.165, 1.54) is 11.3 Å². The maximum absolute atomic E-state index is 12.1. The van der Waals surface area contributed by atoms with Crippen LogP contribution in [-0.4, -0.2) is 31.2 Å². The predicted molar refractivity (Wildman–Crippen MR) is 75.1 cm³/mol. The van der Waals surface area contributed by atoms with E-state index in [-0.39, 0.29) is 5.92 Å². The van der Waals surface area contributed by atoms with Gasteiger partial charge >= 0.3 is 0 Å². The summed E-state index contributed by atoms with van der Waals surface area (Å²) in [6, 6.07) is -0.818. The van der Waals surface area contributed by atoms with Crippen LogP contribution in [0.1, 0.15) is 20.3 Å². The molecule has 1 aromatic heterocycles. The molecule has 0 aliphatic heterocycles. The number of carbonyl (C=O) groups is 1. The van der Waals surface area contributed by atoms with Gasteiger partial charge in [-0.3, -0.25) is 4.79 Å². The number of sulfonamides is 1. The first-order valence-electron chi connectivity index (χ1n) is 5.90. The van der Waals surface area contributed by atoms with E-state index in [0.29, 0.717) is 11.2 Å². The Hall–Kier alpha value is -0.990. The Morgan fingerprint density at radius 1 is 1.58 bits per heavy atom. The molecule has 0 spiro atoms. The molecule has 0 saturated carbocycles. The summed E-state index contributed by atoms with van der Waals surface area (Å²) in [5, 5.41) is 1.81. The van der Waals surface area contributed by atoms with Crippen molar-refractivity contribution >= 4 is 27.3 Å². The quantitative estimate of drug-likeness (QED) is 0.859. The van der Waals surface area contributed by atoms with Gasteiger partial charge in [0, 0.05) is 18.6 Å². The van der Waals surface area contributed by atoms with Crippen LogP contribution in [0, 0.1) is 5.92 Å². The van der Waals surface area contributed by atoms with Crippen LogP contribution in [0.4, 0.5) is 0 Å². The van der Waals surface area contributed by atoms with Gasteiger partial charge in [0.2, 0.25) is 10.0 Å². The highest BCUT2D eigenvalue weighted by Crippen LogP contribution is 2.10. The molecule has 0 saturated heterocycles. The smallest absolute Gasteiger partial charge is 0.266 e. The number of hydrogen-bond donors (Lipinski definition) is 1. The number of rotatable bonds is 5. The Bertz CT molecular complexity index is 601. The first-order valence-corrected chi connectivity index (χ1v) is 8.67. The lowest BCUT2D eigenvalue weighted by molar-refractivity contribution is -0.120. The van der Waals surface area contributed by atoms with Gasteiger partial charge in [-0.15, -0.1) is 11.3 Å². The lowest BCUT2D eigenvalue weighted by Gasteiger charge is -2.19. The number of nitrogens with zero attached hydrogens (tertiary/aromatic N) is 2. The maximum atomic E-state index is 12.1. The molecule has 1 heterocycles. The molecule has 0 bridgehead atoms. The monoisotopic (exact) mass is 305 g/mol. The van der Waals surface area contributed by atoms with Crippen LogP contribution in [0.3, 0.4) is 0 Å². The minimum atomic E-state index is -3.45. The molecule has 1 amide bonds. The van der Waals surface area contributed by atoms with Crippen LogP contribution in [-0.2, 0) is 21.9 Å². The summed E-state index contributed by atoms with van der Waals surface area (Å²) in [5.74, 6) is -0.575. The van der Waals surface area contributed by atoms with Crippen LogP contribution in [0.5, 0.6) is 0 Å². The first-order chi connectivity index (χ1) is 8.74. The van der Waals surface area contributed by atoms with Crippen molar-refractivity contribution in [2.45, 2.75) is 26.3 Å². The minimum absolute atomic E-state index is 0.115. The number of aromatic nitrogens is 1. The van der Waals surface area contributed by atoms with Gasteiger partial charge in [0.15, 0.2) is 4.80 Å². The molecule has 0 aliphatic carbocycles. The summed E-state index contributed by atoms with van der Waals surface area (Å²) >= 11 is 1.33. The van der Waals surface area contributed by atoms with Crippen LogP contribution < -0.4 is 9.52 Å². The summed E-state index contributed by atoms with van der Waals surface area (Å²) < 4.78 is 26.7. The molecular weight excluding hydrogens is 286 g/mol. The molecule has 2 atom stereocenters. The van der Waals surface area contributed by atoms with Gasteiger partial charge in [-0.1, -0.05) is 20.3 Å². The molecule has 19 heavy (non-hydrogen) atoms. The number of thiazole rings is 1. The average Bonchev–Trinajstić information content (AvgIpc) is 2.70. The molecule has 1 aromatic rings. The normalized spacial score (nSPS) is 16.3. The van der Waals surface area contributed by atoms with Gasteiger partial charge in [-0.25, -0.2) is 13.1 Å². The van der Waals surface area contributed by atoms with Crippen molar-refractivity contribution in [1.82, 2.24) is 9.29 Å². The van der Waals surface area contributed by atoms with Gasteiger partial charge in [0.1, 0.15) is 6.04 Å². The van der Waals surface area contributed by atoms with Gasteiger partial charge in [-0.2, -0.15) is 4.99 Å². The standard InChI is InChI=1S/C11H19N3O3S2/c1-5-8(2)9(13-19(4,16)17)10(15)12-11-14(3)6-7-18-11/h6-9,13H,5H2,1-4H3. The highest BCUT2D eigenvalue weighted by atomic mass is 32.2. The van der Waals surface area contributed by atoms with E-state index in [4.69, 9.17) is 0 Å². The maximum Gasteiger partial charge on any atom is 0.266 e. The zero-order chi connectivity index (χ0) is 14.6. The van der Waals surface area contributed by atoms with Crippen molar-refractivity contribution in [3.8, 4) is 0 Å². The van der Waals surface area contributed by atoms with E-state index >= 15 is 0 Å². The molecule has 0 fully saturated rings. The second-order valence-corrected chi connectivity index (χ2v) is 7.15. The lowest BCUT2D eigenvalue weighted by Crippen LogP contribution is -2.44. The van der Waals surface area contributed by atoms with Crippen molar-refractivity contribution in [3.63, 3.8) is 0 Å². The molecule has 0 aliphatic rings. The van der Waals surface area contributed by atoms with Crippen LogP contribution in [0.15, 0.2) is 16.6 Å². The van der Waals surface area contributed by atoms with Crippen LogP contribution in [0.2, 0.25) is 0 Å². The molecular formula is C11H19N3O3S2. The summed E-state index contributed by atoms with van der Waals surface area (Å²) in [4.78, 5) is 16.7. The third-order valence-electron chi connectivity index (χ3n) is 2.79. The van der Waals surface area contributed by atoms with E-state index < -0.39 is 22.0 Å². The summed E-state index contributed by atoms with van der Waals surface area (Å²) in [6.07, 6.45) is 3.52. The zero-order valence-electron chi connectivity index (χ0n) is 11.5. The largest absolute Gasteiger partial charge is 0.327 e. The van der Waals surface area contributed by atoms with E-state index in [2.05, 4.69) is 9.71 Å². The topological polar surface area (TPSA) is 80.5 Å². The van der Waals surface area contributed by atoms with Crippen molar-refractivity contribution in [2.24, 2.45) is 18.0 Å². The lowest BCUT2D eigenvalue weighted by atomic mass is 10.00. The fourth-order valence-electron chi connectivity index (χ4n) is 1.47. The number of amides is 1. The SMILES string of the molecule is CCC(C)C(NS(C)(=O)=O)C(=O)N=c1sccn1C. The Kier molecular flexibility index (Phi) is 5.45. The number of aryl methyl sites for hydroxylation is 1. The highest BCUT2D eigenvalue weighted by molar-refractivity contribution is 7.88. The summed E-state index contributed by atoms with van der Waals surface area (Å²) in [7, 11) is -1.66. The number of nitrogens with one attached hydrogen (secondary N) is 1. The van der Waals surface area contributed by atoms with E-state index in [0.717, 1.165) is 6.26 Å². The molecule has 2 unspecified atom stereocenters. The van der Waals surface area contributed by atoms with Crippen LogP contribution >= 0.6 is 11.3 Å². The van der Waals surface area contributed by atoms with Crippen molar-refractivity contribution in [2.75, 3.05) is 6.26 Å². The van der Waals surface area contributed by atoms with Gasteiger partial charge in [-0.05, 0) is 5.92 Å². The molecule has 0 radical (unpaired) electrons. The average molecular weight is 305 g/mol. The first kappa shape index (κ1) is 16.1. The second kappa shape index (κ2) is 6.44. The number of carbonyl (C=O) groups excluding carboxylic acids is 1. The van der Waals surface area contributed by atoms with E-state index in [9.17, 15) is 13.2 Å². The molecule has 8 heteroatoms. The third kappa shape index (κ3) is 4.88. The van der Waals surface area contributed by atoms with Gasteiger partial charge in [0.05, 0.1) is 6.26 Å². The van der Waals surface area contributed by atoms with E-state index in [1.807, 2.05) is 19.2 Å². The van der Waals surface area contributed by atoms with E-state index in [1.54, 1.807) is 17.8 Å². The second-order valence-electron chi connectivity index (χ2n) is 4.50. The molecule has 108 valence electrons. The Morgan fingerprint density at radius 2 is 2.21 bits per heavy atom. The molecule has 6 nitrogen and oxygen atoms in total. The fraction of sp³-hybridized carbons (Fsp3) is 0.636. The third-order valence-corrected chi connectivity index (χ3v) is 4.32. The highest BCUT2D eigenvalue weighted by Gasteiger charge is 2.26. The Morgan fingerprint density at radius 3 is 2.63 bits per heavy atom. The fourth-order valence-corrected chi connectivity index (χ4v) is 3.00. The van der Waals surface area contributed by atoms with Crippen molar-refractivity contribution in [3.05, 3.63) is 16.4 Å². The minimum Gasteiger partial charge on any atom is -0.327 e. The molecule has 0 aromatic carbocycles. The predicted octanol–water partition coefficient (Wildman–Crippen LogP) is 0.478. The summed E-state index contributed by atoms with van der Waals surface area (Å²) in [5.41, 5.74) is 0. The van der Waals surface area contributed by atoms with Crippen molar-refractivity contribution < 1.29 is 13.2 Å². The van der Waals surface area contributed by atoms with Crippen LogP contribution in [0.25, 0.3) is 0 Å².